The van der Waals surface area contributed by atoms with Crippen LogP contribution in [-0.4, -0.2) is 29.5 Å². The number of fused-ring (bicyclic) bond motifs is 1. The van der Waals surface area contributed by atoms with Crippen LogP contribution in [0.3, 0.4) is 0 Å². The van der Waals surface area contributed by atoms with Gasteiger partial charge in [0.25, 0.3) is 5.91 Å². The van der Waals surface area contributed by atoms with Gasteiger partial charge in [0.1, 0.15) is 23.2 Å². The summed E-state index contributed by atoms with van der Waals surface area (Å²) in [6.07, 6.45) is 2.07. The van der Waals surface area contributed by atoms with Crippen LogP contribution in [-0.2, 0) is 11.2 Å². The van der Waals surface area contributed by atoms with E-state index in [9.17, 15) is 10.1 Å². The molecule has 3 rings (SSSR count). The maximum Gasteiger partial charge on any atom is 0.261 e. The number of nitrogens with one attached hydrogen (secondary N) is 2. The number of para-hydroxylation sites is 3. The van der Waals surface area contributed by atoms with E-state index < -0.39 is 5.91 Å². The second kappa shape index (κ2) is 7.99. The van der Waals surface area contributed by atoms with Crippen LogP contribution in [0.15, 0.2) is 54.1 Å². The maximum absolute atomic E-state index is 12.3. The van der Waals surface area contributed by atoms with E-state index in [1.807, 2.05) is 42.5 Å². The first-order valence-corrected chi connectivity index (χ1v) is 8.18. The van der Waals surface area contributed by atoms with Crippen molar-refractivity contribution in [2.45, 2.75) is 6.42 Å². The van der Waals surface area contributed by atoms with E-state index in [1.165, 1.54) is 6.08 Å². The molecule has 0 unspecified atom stereocenters. The molecule has 0 aliphatic heterocycles. The molecule has 0 fully saturated rings. The summed E-state index contributed by atoms with van der Waals surface area (Å²) in [5.74, 6) is 0.976. The third kappa shape index (κ3) is 3.90. The maximum atomic E-state index is 12.3. The summed E-state index contributed by atoms with van der Waals surface area (Å²) < 4.78 is 5.24. The highest BCUT2D eigenvalue weighted by Gasteiger charge is 2.11. The van der Waals surface area contributed by atoms with Gasteiger partial charge in [0.05, 0.1) is 18.1 Å². The fourth-order valence-corrected chi connectivity index (χ4v) is 2.60. The van der Waals surface area contributed by atoms with Crippen LogP contribution >= 0.6 is 0 Å². The fraction of sp³-hybridized carbons (Fsp3) is 0.150. The van der Waals surface area contributed by atoms with Gasteiger partial charge in [-0.15, -0.1) is 0 Å². The summed E-state index contributed by atoms with van der Waals surface area (Å²) in [7, 11) is 1.55. The fourth-order valence-electron chi connectivity index (χ4n) is 2.60. The average Bonchev–Trinajstić information content (AvgIpc) is 3.09. The lowest BCUT2D eigenvalue weighted by Gasteiger charge is -2.06. The van der Waals surface area contributed by atoms with Crippen LogP contribution < -0.4 is 10.1 Å². The summed E-state index contributed by atoms with van der Waals surface area (Å²) in [6.45, 7) is 0.379. The predicted molar refractivity (Wildman–Crippen MR) is 99.4 cm³/mol. The van der Waals surface area contributed by atoms with E-state index in [0.717, 1.165) is 16.9 Å². The molecule has 1 heterocycles. The molecule has 0 aliphatic carbocycles. The Balaban J connectivity index is 1.64. The number of imidazole rings is 1. The van der Waals surface area contributed by atoms with Crippen molar-refractivity contribution in [2.75, 3.05) is 13.7 Å². The van der Waals surface area contributed by atoms with E-state index in [0.29, 0.717) is 24.3 Å². The van der Waals surface area contributed by atoms with Crippen LogP contribution in [0.1, 0.15) is 11.4 Å². The molecule has 0 aliphatic rings. The quantitative estimate of drug-likeness (QED) is 0.530. The first-order valence-electron chi connectivity index (χ1n) is 8.18. The lowest BCUT2D eigenvalue weighted by molar-refractivity contribution is -0.117. The smallest absolute Gasteiger partial charge is 0.261 e. The number of benzene rings is 2. The Kier molecular flexibility index (Phi) is 5.30. The largest absolute Gasteiger partial charge is 0.496 e. The minimum absolute atomic E-state index is 0.0270. The molecule has 2 aromatic carbocycles. The number of carbonyl (C=O) groups excluding carboxylic acids is 1. The molecule has 0 saturated carbocycles. The Morgan fingerprint density at radius 1 is 1.27 bits per heavy atom. The molecule has 1 amide bonds. The van der Waals surface area contributed by atoms with E-state index in [2.05, 4.69) is 15.3 Å². The highest BCUT2D eigenvalue weighted by Crippen LogP contribution is 2.20. The number of nitrogens with zero attached hydrogens (tertiary/aromatic N) is 2. The summed E-state index contributed by atoms with van der Waals surface area (Å²) in [4.78, 5) is 19.9. The van der Waals surface area contributed by atoms with Crippen LogP contribution in [0, 0.1) is 11.3 Å². The second-order valence-electron chi connectivity index (χ2n) is 5.62. The minimum Gasteiger partial charge on any atom is -0.496 e. The summed E-state index contributed by atoms with van der Waals surface area (Å²) in [6, 6.07) is 16.9. The molecule has 1 aromatic heterocycles. The van der Waals surface area contributed by atoms with Gasteiger partial charge < -0.3 is 15.0 Å². The first kappa shape index (κ1) is 17.2. The summed E-state index contributed by atoms with van der Waals surface area (Å²) in [5, 5.41) is 12.0. The van der Waals surface area contributed by atoms with Crippen LogP contribution in [0.25, 0.3) is 17.1 Å². The van der Waals surface area contributed by atoms with Crippen molar-refractivity contribution in [3.8, 4) is 11.8 Å². The number of rotatable bonds is 6. The zero-order valence-corrected chi connectivity index (χ0v) is 14.3. The first-order chi connectivity index (χ1) is 12.7. The molecule has 130 valence electrons. The van der Waals surface area contributed by atoms with E-state index in [4.69, 9.17) is 4.74 Å². The highest BCUT2D eigenvalue weighted by molar-refractivity contribution is 6.01. The molecular formula is C20H18N4O2. The van der Waals surface area contributed by atoms with Gasteiger partial charge in [-0.1, -0.05) is 30.3 Å². The minimum atomic E-state index is -0.422. The molecule has 0 spiro atoms. The van der Waals surface area contributed by atoms with Crippen molar-refractivity contribution >= 4 is 23.0 Å². The van der Waals surface area contributed by atoms with E-state index >= 15 is 0 Å². The molecule has 2 N–H and O–H groups in total. The summed E-state index contributed by atoms with van der Waals surface area (Å²) in [5.41, 5.74) is 2.56. The number of methoxy groups -OCH3 is 1. The Bertz CT molecular complexity index is 965. The molecule has 26 heavy (non-hydrogen) atoms. The normalized spacial score (nSPS) is 11.2. The SMILES string of the molecule is COc1ccccc1/C=C(\C#N)C(=O)NCCc1nc2ccccc2[nH]1. The number of amides is 1. The molecule has 6 nitrogen and oxygen atoms in total. The molecular weight excluding hydrogens is 328 g/mol. The van der Waals surface area contributed by atoms with Gasteiger partial charge in [0.15, 0.2) is 0 Å². The second-order valence-corrected chi connectivity index (χ2v) is 5.62. The Labute approximate surface area is 151 Å². The topological polar surface area (TPSA) is 90.8 Å². The van der Waals surface area contributed by atoms with Crippen molar-refractivity contribution in [3.63, 3.8) is 0 Å². The van der Waals surface area contributed by atoms with Gasteiger partial charge in [-0.05, 0) is 24.3 Å². The Morgan fingerprint density at radius 3 is 2.81 bits per heavy atom. The number of aromatic nitrogens is 2. The lowest BCUT2D eigenvalue weighted by Crippen LogP contribution is -2.27. The van der Waals surface area contributed by atoms with Crippen LogP contribution in [0.4, 0.5) is 0 Å². The molecule has 0 radical (unpaired) electrons. The van der Waals surface area contributed by atoms with Gasteiger partial charge in [0.2, 0.25) is 0 Å². The molecule has 0 atom stereocenters. The average molecular weight is 346 g/mol. The number of aromatic amines is 1. The van der Waals surface area contributed by atoms with Crippen molar-refractivity contribution in [2.24, 2.45) is 0 Å². The lowest BCUT2D eigenvalue weighted by atomic mass is 10.1. The standard InChI is InChI=1S/C20H18N4O2/c1-26-18-9-5-2-6-14(18)12-15(13-21)20(25)22-11-10-19-23-16-7-3-4-8-17(16)24-19/h2-9,12H,10-11H2,1H3,(H,22,25)(H,23,24)/b15-12+. The van der Waals surface area contributed by atoms with Crippen LogP contribution in [0.2, 0.25) is 0 Å². The van der Waals surface area contributed by atoms with Gasteiger partial charge in [-0.3, -0.25) is 4.79 Å². The summed E-state index contributed by atoms with van der Waals surface area (Å²) >= 11 is 0. The van der Waals surface area contributed by atoms with E-state index in [-0.39, 0.29) is 5.57 Å². The van der Waals surface area contributed by atoms with Crippen molar-refractivity contribution in [1.82, 2.24) is 15.3 Å². The van der Waals surface area contributed by atoms with Crippen molar-refractivity contribution in [1.29, 1.82) is 5.26 Å². The molecule has 0 saturated heterocycles. The van der Waals surface area contributed by atoms with Crippen molar-refractivity contribution < 1.29 is 9.53 Å². The molecule has 3 aromatic rings. The highest BCUT2D eigenvalue weighted by atomic mass is 16.5. The third-order valence-electron chi connectivity index (χ3n) is 3.89. The Hall–Kier alpha value is -3.59. The van der Waals surface area contributed by atoms with E-state index in [1.54, 1.807) is 19.2 Å². The molecule has 0 bridgehead atoms. The van der Waals surface area contributed by atoms with Gasteiger partial charge in [0, 0.05) is 18.5 Å². The van der Waals surface area contributed by atoms with Gasteiger partial charge >= 0.3 is 0 Å². The number of ether oxygens (including phenoxy) is 1. The number of hydrogen-bond acceptors (Lipinski definition) is 4. The number of hydrogen-bond donors (Lipinski definition) is 2. The Morgan fingerprint density at radius 2 is 2.04 bits per heavy atom. The number of nitriles is 1. The van der Waals surface area contributed by atoms with Gasteiger partial charge in [-0.25, -0.2) is 4.98 Å². The molecule has 6 heteroatoms. The van der Waals surface area contributed by atoms with Crippen LogP contribution in [0.5, 0.6) is 5.75 Å². The van der Waals surface area contributed by atoms with Gasteiger partial charge in [-0.2, -0.15) is 5.26 Å². The number of H-pyrrole nitrogens is 1. The van der Waals surface area contributed by atoms with Crippen molar-refractivity contribution in [3.05, 3.63) is 65.5 Å². The number of carbonyl (C=O) groups is 1. The zero-order valence-electron chi connectivity index (χ0n) is 14.3. The zero-order chi connectivity index (χ0) is 18.4. The monoisotopic (exact) mass is 346 g/mol. The predicted octanol–water partition coefficient (Wildman–Crippen LogP) is 2.84. The third-order valence-corrected chi connectivity index (χ3v) is 3.89.